The van der Waals surface area contributed by atoms with Gasteiger partial charge in [0.1, 0.15) is 0 Å². The molecule has 2 aliphatic rings. The summed E-state index contributed by atoms with van der Waals surface area (Å²) in [6, 6.07) is 0.402. The van der Waals surface area contributed by atoms with E-state index in [2.05, 4.69) is 5.32 Å². The second kappa shape index (κ2) is 4.13. The molecule has 1 heterocycles. The number of hydrogen-bond donors (Lipinski definition) is 1. The van der Waals surface area contributed by atoms with E-state index in [4.69, 9.17) is 0 Å². The average molecular weight is 194 g/mol. The molecule has 1 aliphatic heterocycles. The summed E-state index contributed by atoms with van der Waals surface area (Å²) in [5, 5.41) is 3.27. The molecular weight excluding hydrogens is 176 g/mol. The zero-order valence-corrected chi connectivity index (χ0v) is 8.75. The second-order valence-corrected chi connectivity index (χ2v) is 4.25. The van der Waals surface area contributed by atoms with Gasteiger partial charge in [0.15, 0.2) is 0 Å². The highest BCUT2D eigenvalue weighted by Gasteiger charge is 2.22. The number of nitrogens with one attached hydrogen (secondary N) is 1. The third-order valence-electron chi connectivity index (χ3n) is 3.25. The van der Waals surface area contributed by atoms with Crippen LogP contribution in [-0.2, 0) is 4.79 Å². The highest BCUT2D eigenvalue weighted by molar-refractivity contribution is 5.88. The zero-order chi connectivity index (χ0) is 9.97. The predicted molar refractivity (Wildman–Crippen MR) is 56.0 cm³/mol. The quantitative estimate of drug-likeness (QED) is 0.663. The summed E-state index contributed by atoms with van der Waals surface area (Å²) >= 11 is 0. The molecule has 3 heteroatoms. The maximum Gasteiger partial charge on any atom is 0.246 e. The van der Waals surface area contributed by atoms with E-state index in [1.165, 1.54) is 12.0 Å². The Kier molecular flexibility index (Phi) is 2.87. The average Bonchev–Trinajstić information content (AvgIpc) is 2.62. The van der Waals surface area contributed by atoms with Crippen molar-refractivity contribution < 1.29 is 4.79 Å². The van der Waals surface area contributed by atoms with Gasteiger partial charge < -0.3 is 10.2 Å². The van der Waals surface area contributed by atoms with Gasteiger partial charge in [-0.05, 0) is 32.2 Å². The molecule has 2 rings (SSSR count). The van der Waals surface area contributed by atoms with Gasteiger partial charge in [-0.1, -0.05) is 5.57 Å². The van der Waals surface area contributed by atoms with Crippen LogP contribution in [0.1, 0.15) is 25.7 Å². The van der Waals surface area contributed by atoms with E-state index >= 15 is 0 Å². The lowest BCUT2D eigenvalue weighted by Crippen LogP contribution is -2.37. The van der Waals surface area contributed by atoms with Gasteiger partial charge in [-0.2, -0.15) is 0 Å². The molecule has 0 aromatic rings. The van der Waals surface area contributed by atoms with Crippen LogP contribution in [0.4, 0.5) is 0 Å². The van der Waals surface area contributed by atoms with Crippen LogP contribution in [0.25, 0.3) is 0 Å². The monoisotopic (exact) mass is 194 g/mol. The minimum Gasteiger partial charge on any atom is -0.338 e. The number of rotatable bonds is 2. The summed E-state index contributed by atoms with van der Waals surface area (Å²) in [4.78, 5) is 13.6. The van der Waals surface area contributed by atoms with Crippen LogP contribution in [-0.4, -0.2) is 37.0 Å². The largest absolute Gasteiger partial charge is 0.338 e. The van der Waals surface area contributed by atoms with Crippen LogP contribution >= 0.6 is 0 Å². The number of carbonyl (C=O) groups excluding carboxylic acids is 1. The summed E-state index contributed by atoms with van der Waals surface area (Å²) in [5.41, 5.74) is 1.33. The minimum absolute atomic E-state index is 0.188. The minimum atomic E-state index is 0.188. The number of allylic oxidation sites excluding steroid dienone is 1. The number of carbonyl (C=O) groups is 1. The fourth-order valence-electron chi connectivity index (χ4n) is 1.95. The first kappa shape index (κ1) is 9.71. The Morgan fingerprint density at radius 3 is 2.86 bits per heavy atom. The maximum atomic E-state index is 11.8. The van der Waals surface area contributed by atoms with Gasteiger partial charge in [0.2, 0.25) is 5.91 Å². The van der Waals surface area contributed by atoms with Crippen LogP contribution in [0.3, 0.4) is 0 Å². The van der Waals surface area contributed by atoms with Gasteiger partial charge in [-0.25, -0.2) is 0 Å². The molecule has 0 spiro atoms. The van der Waals surface area contributed by atoms with Crippen molar-refractivity contribution in [2.75, 3.05) is 20.1 Å². The Morgan fingerprint density at radius 2 is 2.36 bits per heavy atom. The Labute approximate surface area is 85.2 Å². The van der Waals surface area contributed by atoms with Crippen LogP contribution in [0.2, 0.25) is 0 Å². The number of nitrogens with zero attached hydrogens (tertiary/aromatic N) is 1. The van der Waals surface area contributed by atoms with Crippen molar-refractivity contribution in [1.82, 2.24) is 10.2 Å². The first-order valence-corrected chi connectivity index (χ1v) is 5.44. The zero-order valence-electron chi connectivity index (χ0n) is 8.75. The fraction of sp³-hybridized carbons (Fsp3) is 0.727. The highest BCUT2D eigenvalue weighted by Crippen LogP contribution is 2.25. The van der Waals surface area contributed by atoms with Gasteiger partial charge >= 0.3 is 0 Å². The third kappa shape index (κ3) is 1.98. The van der Waals surface area contributed by atoms with E-state index in [9.17, 15) is 4.79 Å². The van der Waals surface area contributed by atoms with E-state index in [-0.39, 0.29) is 5.91 Å². The summed E-state index contributed by atoms with van der Waals surface area (Å²) in [7, 11) is 1.91. The number of likely N-dealkylation sites (N-methyl/N-ethyl adjacent to an activating group) is 1. The highest BCUT2D eigenvalue weighted by atomic mass is 16.2. The normalized spacial score (nSPS) is 25.8. The molecular formula is C11H18N2O. The smallest absolute Gasteiger partial charge is 0.246 e. The fourth-order valence-corrected chi connectivity index (χ4v) is 1.95. The molecule has 0 aromatic carbocycles. The van der Waals surface area contributed by atoms with Crippen molar-refractivity contribution in [1.29, 1.82) is 0 Å². The second-order valence-electron chi connectivity index (χ2n) is 4.25. The van der Waals surface area contributed by atoms with E-state index < -0.39 is 0 Å². The van der Waals surface area contributed by atoms with Crippen LogP contribution in [0, 0.1) is 0 Å². The summed E-state index contributed by atoms with van der Waals surface area (Å²) in [5.74, 6) is 0.188. The Hall–Kier alpha value is -0.830. The lowest BCUT2D eigenvalue weighted by Gasteiger charge is -2.24. The predicted octanol–water partition coefficient (Wildman–Crippen LogP) is 0.917. The van der Waals surface area contributed by atoms with E-state index in [0.717, 1.165) is 32.4 Å². The molecule has 0 radical (unpaired) electrons. The van der Waals surface area contributed by atoms with Gasteiger partial charge in [-0.3, -0.25) is 4.79 Å². The topological polar surface area (TPSA) is 32.3 Å². The molecule has 1 unspecified atom stereocenters. The molecule has 78 valence electrons. The molecule has 0 aromatic heterocycles. The summed E-state index contributed by atoms with van der Waals surface area (Å²) < 4.78 is 0. The lowest BCUT2D eigenvalue weighted by molar-refractivity contribution is -0.126. The first-order chi connectivity index (χ1) is 6.77. The standard InChI is InChI=1S/C11H18N2O/c1-13(10-5-6-12-8-10)11(14)7-9-3-2-4-9/h7,10,12H,2-6,8H2,1H3. The molecule has 3 nitrogen and oxygen atoms in total. The Bertz CT molecular complexity index is 248. The van der Waals surface area contributed by atoms with Crippen LogP contribution in [0.5, 0.6) is 0 Å². The summed E-state index contributed by atoms with van der Waals surface area (Å²) in [6.45, 7) is 1.99. The molecule has 0 bridgehead atoms. The van der Waals surface area contributed by atoms with E-state index in [0.29, 0.717) is 6.04 Å². The van der Waals surface area contributed by atoms with E-state index in [1.807, 2.05) is 18.0 Å². The van der Waals surface area contributed by atoms with Crippen molar-refractivity contribution in [3.8, 4) is 0 Å². The van der Waals surface area contributed by atoms with Gasteiger partial charge in [-0.15, -0.1) is 0 Å². The molecule has 1 amide bonds. The third-order valence-corrected chi connectivity index (χ3v) is 3.25. The SMILES string of the molecule is CN(C(=O)C=C1CCC1)C1CCNC1. The van der Waals surface area contributed by atoms with Gasteiger partial charge in [0.25, 0.3) is 0 Å². The first-order valence-electron chi connectivity index (χ1n) is 5.44. The van der Waals surface area contributed by atoms with Gasteiger partial charge in [0, 0.05) is 25.7 Å². The van der Waals surface area contributed by atoms with E-state index in [1.54, 1.807) is 0 Å². The molecule has 1 saturated carbocycles. The molecule has 14 heavy (non-hydrogen) atoms. The van der Waals surface area contributed by atoms with Crippen molar-refractivity contribution in [3.63, 3.8) is 0 Å². The van der Waals surface area contributed by atoms with Crippen molar-refractivity contribution in [2.24, 2.45) is 0 Å². The molecule has 1 saturated heterocycles. The summed E-state index contributed by atoms with van der Waals surface area (Å²) in [6.07, 6.45) is 6.44. The maximum absolute atomic E-state index is 11.8. The lowest BCUT2D eigenvalue weighted by atomic mass is 9.92. The van der Waals surface area contributed by atoms with Crippen molar-refractivity contribution in [2.45, 2.75) is 31.7 Å². The molecule has 1 aliphatic carbocycles. The van der Waals surface area contributed by atoms with Crippen molar-refractivity contribution in [3.05, 3.63) is 11.6 Å². The van der Waals surface area contributed by atoms with Gasteiger partial charge in [0.05, 0.1) is 0 Å². The molecule has 1 N–H and O–H groups in total. The number of hydrogen-bond acceptors (Lipinski definition) is 2. The Balaban J connectivity index is 1.89. The van der Waals surface area contributed by atoms with Crippen LogP contribution < -0.4 is 5.32 Å². The Morgan fingerprint density at radius 1 is 1.57 bits per heavy atom. The molecule has 2 fully saturated rings. The molecule has 1 atom stereocenters. The number of amides is 1. The van der Waals surface area contributed by atoms with Crippen molar-refractivity contribution >= 4 is 5.91 Å². The van der Waals surface area contributed by atoms with Crippen LogP contribution in [0.15, 0.2) is 11.6 Å².